The first-order valence-electron chi connectivity index (χ1n) is 6.89. The topological polar surface area (TPSA) is 47.0 Å². The van der Waals surface area contributed by atoms with Crippen LogP contribution in [-0.4, -0.2) is 29.2 Å². The molecule has 0 atom stereocenters. The highest BCUT2D eigenvalue weighted by Crippen LogP contribution is 2.28. The first-order chi connectivity index (χ1) is 9.34. The summed E-state index contributed by atoms with van der Waals surface area (Å²) >= 11 is 1.70. The molecule has 1 aliphatic rings. The quantitative estimate of drug-likeness (QED) is 0.851. The van der Waals surface area contributed by atoms with Gasteiger partial charge in [-0.05, 0) is 30.7 Å². The van der Waals surface area contributed by atoms with Crippen molar-refractivity contribution in [1.82, 2.24) is 9.97 Å². The number of hydrogen-bond acceptors (Lipinski definition) is 5. The van der Waals surface area contributed by atoms with Crippen LogP contribution in [0.25, 0.3) is 10.2 Å². The Labute approximate surface area is 117 Å². The third kappa shape index (κ3) is 2.87. The minimum absolute atomic E-state index is 0.483. The van der Waals surface area contributed by atoms with Crippen LogP contribution in [0.5, 0.6) is 0 Å². The number of rotatable bonds is 5. The van der Waals surface area contributed by atoms with E-state index in [4.69, 9.17) is 4.74 Å². The minimum atomic E-state index is 0.483. The fourth-order valence-electron chi connectivity index (χ4n) is 2.55. The zero-order chi connectivity index (χ0) is 13.1. The average Bonchev–Trinajstić information content (AvgIpc) is 3.06. The smallest absolute Gasteiger partial charge is 0.147 e. The Morgan fingerprint density at radius 1 is 1.37 bits per heavy atom. The molecule has 1 N–H and O–H groups in total. The van der Waals surface area contributed by atoms with E-state index >= 15 is 0 Å². The van der Waals surface area contributed by atoms with Crippen molar-refractivity contribution in [3.05, 3.63) is 17.3 Å². The highest BCUT2D eigenvalue weighted by atomic mass is 32.1. The Bertz CT molecular complexity index is 549. The second-order valence-corrected chi connectivity index (χ2v) is 5.90. The van der Waals surface area contributed by atoms with Crippen LogP contribution in [0.2, 0.25) is 0 Å². The van der Waals surface area contributed by atoms with Crippen LogP contribution in [-0.2, 0) is 4.74 Å². The van der Waals surface area contributed by atoms with Gasteiger partial charge >= 0.3 is 0 Å². The van der Waals surface area contributed by atoms with Crippen LogP contribution in [0.3, 0.4) is 0 Å². The zero-order valence-corrected chi connectivity index (χ0v) is 12.0. The van der Waals surface area contributed by atoms with Gasteiger partial charge in [-0.3, -0.25) is 0 Å². The monoisotopic (exact) mass is 277 g/mol. The average molecular weight is 277 g/mol. The summed E-state index contributed by atoms with van der Waals surface area (Å²) in [4.78, 5) is 8.64. The summed E-state index contributed by atoms with van der Waals surface area (Å²) in [7, 11) is 0. The summed E-state index contributed by atoms with van der Waals surface area (Å²) in [6.45, 7) is 3.64. The van der Waals surface area contributed by atoms with Crippen molar-refractivity contribution in [1.29, 1.82) is 0 Å². The molecule has 5 heteroatoms. The summed E-state index contributed by atoms with van der Waals surface area (Å²) in [5.41, 5.74) is 2.27. The molecule has 0 aliphatic heterocycles. The van der Waals surface area contributed by atoms with Crippen LogP contribution in [0.1, 0.15) is 31.2 Å². The molecular weight excluding hydrogens is 258 g/mol. The molecule has 2 aromatic rings. The van der Waals surface area contributed by atoms with Crippen molar-refractivity contribution in [2.24, 2.45) is 0 Å². The Morgan fingerprint density at radius 2 is 2.21 bits per heavy atom. The van der Waals surface area contributed by atoms with Crippen LogP contribution >= 0.6 is 11.3 Å². The van der Waals surface area contributed by atoms with Gasteiger partial charge in [0.05, 0.1) is 22.9 Å². The maximum atomic E-state index is 5.84. The van der Waals surface area contributed by atoms with E-state index in [2.05, 4.69) is 27.6 Å². The first kappa shape index (κ1) is 12.8. The van der Waals surface area contributed by atoms with Gasteiger partial charge in [0.2, 0.25) is 0 Å². The van der Waals surface area contributed by atoms with Crippen molar-refractivity contribution in [3.63, 3.8) is 0 Å². The number of fused-ring (bicyclic) bond motifs is 1. The van der Waals surface area contributed by atoms with E-state index in [0.29, 0.717) is 6.10 Å². The standard InChI is InChI=1S/C14H19N3OS/c1-10-8-19-13-12(10)16-9-17-14(13)15-6-7-18-11-4-2-3-5-11/h8-9,11H,2-7H2,1H3,(H,15,16,17). The second kappa shape index (κ2) is 5.84. The number of hydrogen-bond donors (Lipinski definition) is 1. The number of ether oxygens (including phenoxy) is 1. The van der Waals surface area contributed by atoms with E-state index in [1.807, 2.05) is 0 Å². The first-order valence-corrected chi connectivity index (χ1v) is 7.77. The lowest BCUT2D eigenvalue weighted by Gasteiger charge is -2.11. The number of aromatic nitrogens is 2. The van der Waals surface area contributed by atoms with Gasteiger partial charge in [0.1, 0.15) is 12.1 Å². The molecule has 1 fully saturated rings. The largest absolute Gasteiger partial charge is 0.376 e. The Balaban J connectivity index is 1.56. The zero-order valence-electron chi connectivity index (χ0n) is 11.2. The molecule has 1 aliphatic carbocycles. The maximum Gasteiger partial charge on any atom is 0.147 e. The van der Waals surface area contributed by atoms with E-state index in [9.17, 15) is 0 Å². The van der Waals surface area contributed by atoms with Gasteiger partial charge in [-0.1, -0.05) is 12.8 Å². The summed E-state index contributed by atoms with van der Waals surface area (Å²) in [6, 6.07) is 0. The molecule has 0 spiro atoms. The molecule has 4 nitrogen and oxygen atoms in total. The summed E-state index contributed by atoms with van der Waals surface area (Å²) < 4.78 is 6.98. The third-order valence-corrected chi connectivity index (χ3v) is 4.67. The van der Waals surface area contributed by atoms with Gasteiger partial charge in [-0.15, -0.1) is 11.3 Å². The molecular formula is C14H19N3OS. The van der Waals surface area contributed by atoms with E-state index in [1.54, 1.807) is 17.7 Å². The number of thiophene rings is 1. The fraction of sp³-hybridized carbons (Fsp3) is 0.571. The molecule has 0 saturated heterocycles. The molecule has 0 bridgehead atoms. The lowest BCUT2D eigenvalue weighted by Crippen LogP contribution is -2.15. The molecule has 0 aromatic carbocycles. The lowest BCUT2D eigenvalue weighted by molar-refractivity contribution is 0.0659. The van der Waals surface area contributed by atoms with Crippen molar-refractivity contribution < 1.29 is 4.74 Å². The van der Waals surface area contributed by atoms with Crippen LogP contribution in [0, 0.1) is 6.92 Å². The van der Waals surface area contributed by atoms with Crippen molar-refractivity contribution in [2.45, 2.75) is 38.7 Å². The lowest BCUT2D eigenvalue weighted by atomic mass is 10.3. The molecule has 0 unspecified atom stereocenters. The second-order valence-electron chi connectivity index (χ2n) is 5.02. The predicted molar refractivity (Wildman–Crippen MR) is 78.8 cm³/mol. The molecule has 2 heterocycles. The molecule has 19 heavy (non-hydrogen) atoms. The maximum absolute atomic E-state index is 5.84. The predicted octanol–water partition coefficient (Wildman–Crippen LogP) is 3.37. The number of aryl methyl sites for hydroxylation is 1. The Morgan fingerprint density at radius 3 is 3.05 bits per heavy atom. The number of anilines is 1. The van der Waals surface area contributed by atoms with Crippen LogP contribution in [0.4, 0.5) is 5.82 Å². The summed E-state index contributed by atoms with van der Waals surface area (Å²) in [5, 5.41) is 5.48. The van der Waals surface area contributed by atoms with Gasteiger partial charge in [-0.25, -0.2) is 9.97 Å². The fourth-order valence-corrected chi connectivity index (χ4v) is 3.51. The molecule has 0 amide bonds. The molecule has 102 valence electrons. The third-order valence-electron chi connectivity index (χ3n) is 3.58. The van der Waals surface area contributed by atoms with E-state index in [-0.39, 0.29) is 0 Å². The number of nitrogens with zero attached hydrogens (tertiary/aromatic N) is 2. The van der Waals surface area contributed by atoms with Gasteiger partial charge in [0, 0.05) is 6.54 Å². The normalized spacial score (nSPS) is 16.3. The van der Waals surface area contributed by atoms with Gasteiger partial charge < -0.3 is 10.1 Å². The van der Waals surface area contributed by atoms with Gasteiger partial charge in [0.25, 0.3) is 0 Å². The van der Waals surface area contributed by atoms with Gasteiger partial charge in [0.15, 0.2) is 0 Å². The molecule has 2 aromatic heterocycles. The number of nitrogens with one attached hydrogen (secondary N) is 1. The molecule has 3 rings (SSSR count). The molecule has 1 saturated carbocycles. The van der Waals surface area contributed by atoms with Crippen molar-refractivity contribution >= 4 is 27.4 Å². The summed E-state index contributed by atoms with van der Waals surface area (Å²) in [6.07, 6.45) is 7.20. The van der Waals surface area contributed by atoms with E-state index < -0.39 is 0 Å². The minimum Gasteiger partial charge on any atom is -0.376 e. The highest BCUT2D eigenvalue weighted by molar-refractivity contribution is 7.18. The van der Waals surface area contributed by atoms with Gasteiger partial charge in [-0.2, -0.15) is 0 Å². The Kier molecular flexibility index (Phi) is 3.94. The van der Waals surface area contributed by atoms with Crippen molar-refractivity contribution in [2.75, 3.05) is 18.5 Å². The summed E-state index contributed by atoms with van der Waals surface area (Å²) in [5.74, 6) is 0.929. The van der Waals surface area contributed by atoms with Crippen LogP contribution < -0.4 is 5.32 Å². The van der Waals surface area contributed by atoms with E-state index in [1.165, 1.54) is 31.2 Å². The van der Waals surface area contributed by atoms with E-state index in [0.717, 1.165) is 29.2 Å². The Hall–Kier alpha value is -1.20. The SMILES string of the molecule is Cc1csc2c(NCCOC3CCCC3)ncnc12. The van der Waals surface area contributed by atoms with Crippen molar-refractivity contribution in [3.8, 4) is 0 Å². The molecule has 0 radical (unpaired) electrons. The highest BCUT2D eigenvalue weighted by Gasteiger charge is 2.14. The van der Waals surface area contributed by atoms with Crippen LogP contribution in [0.15, 0.2) is 11.7 Å².